The van der Waals surface area contributed by atoms with Crippen molar-refractivity contribution in [3.05, 3.63) is 59.5 Å². The SMILES string of the molecule is CCOC(=O)c1n[nH]nc1-c1ccc(OCc2cccc(F)c2)c(OC)c1. The number of hydrogen-bond acceptors (Lipinski definition) is 6. The lowest BCUT2D eigenvalue weighted by Gasteiger charge is -2.12. The summed E-state index contributed by atoms with van der Waals surface area (Å²) < 4.78 is 29.4. The van der Waals surface area contributed by atoms with Crippen LogP contribution in [-0.2, 0) is 11.3 Å². The van der Waals surface area contributed by atoms with Gasteiger partial charge in [0.1, 0.15) is 18.1 Å². The van der Waals surface area contributed by atoms with Crippen molar-refractivity contribution in [2.75, 3.05) is 13.7 Å². The van der Waals surface area contributed by atoms with Gasteiger partial charge in [-0.2, -0.15) is 10.3 Å². The number of aromatic amines is 1. The smallest absolute Gasteiger partial charge is 0.361 e. The number of nitrogens with one attached hydrogen (secondary N) is 1. The standard InChI is InChI=1S/C19H18FN3O4/c1-3-26-19(24)18-17(21-23-22-18)13-7-8-15(16(10-13)25-2)27-11-12-5-4-6-14(20)9-12/h4-10H,3,11H2,1-2H3,(H,21,22,23). The number of nitrogens with zero attached hydrogens (tertiary/aromatic N) is 2. The molecule has 3 rings (SSSR count). The Hall–Kier alpha value is -3.42. The van der Waals surface area contributed by atoms with Crippen molar-refractivity contribution in [3.63, 3.8) is 0 Å². The Morgan fingerprint density at radius 2 is 2.00 bits per heavy atom. The van der Waals surface area contributed by atoms with Crippen LogP contribution in [0.15, 0.2) is 42.5 Å². The second-order valence-corrected chi connectivity index (χ2v) is 5.53. The van der Waals surface area contributed by atoms with Gasteiger partial charge in [-0.25, -0.2) is 9.18 Å². The molecule has 27 heavy (non-hydrogen) atoms. The highest BCUT2D eigenvalue weighted by atomic mass is 19.1. The van der Waals surface area contributed by atoms with Gasteiger partial charge in [0.25, 0.3) is 0 Å². The van der Waals surface area contributed by atoms with Gasteiger partial charge < -0.3 is 14.2 Å². The molecule has 0 radical (unpaired) electrons. The number of halogens is 1. The molecule has 0 saturated carbocycles. The number of hydrogen-bond donors (Lipinski definition) is 1. The lowest BCUT2D eigenvalue weighted by Crippen LogP contribution is -2.07. The summed E-state index contributed by atoms with van der Waals surface area (Å²) in [5, 5.41) is 10.3. The van der Waals surface area contributed by atoms with E-state index in [1.54, 1.807) is 37.3 Å². The summed E-state index contributed by atoms with van der Waals surface area (Å²) in [5.41, 5.74) is 1.75. The zero-order valence-corrected chi connectivity index (χ0v) is 14.9. The van der Waals surface area contributed by atoms with Crippen LogP contribution in [0.25, 0.3) is 11.3 Å². The fourth-order valence-electron chi connectivity index (χ4n) is 2.50. The second kappa shape index (κ2) is 8.31. The average Bonchev–Trinajstić information content (AvgIpc) is 3.16. The predicted molar refractivity (Wildman–Crippen MR) is 95.1 cm³/mol. The fraction of sp³-hybridized carbons (Fsp3) is 0.211. The van der Waals surface area contributed by atoms with E-state index in [0.717, 1.165) is 0 Å². The number of rotatable bonds is 7. The minimum Gasteiger partial charge on any atom is -0.493 e. The van der Waals surface area contributed by atoms with E-state index in [1.165, 1.54) is 19.2 Å². The largest absolute Gasteiger partial charge is 0.493 e. The lowest BCUT2D eigenvalue weighted by atomic mass is 10.1. The van der Waals surface area contributed by atoms with E-state index in [0.29, 0.717) is 28.3 Å². The zero-order chi connectivity index (χ0) is 19.2. The van der Waals surface area contributed by atoms with Crippen molar-refractivity contribution < 1.29 is 23.4 Å². The monoisotopic (exact) mass is 371 g/mol. The number of ether oxygens (including phenoxy) is 3. The molecule has 140 valence electrons. The number of aromatic nitrogens is 3. The molecule has 0 aliphatic carbocycles. The van der Waals surface area contributed by atoms with Crippen LogP contribution in [0.1, 0.15) is 23.0 Å². The molecule has 0 spiro atoms. The van der Waals surface area contributed by atoms with Gasteiger partial charge in [0.2, 0.25) is 0 Å². The first-order valence-corrected chi connectivity index (χ1v) is 8.26. The average molecular weight is 371 g/mol. The Morgan fingerprint density at radius 1 is 1.15 bits per heavy atom. The van der Waals surface area contributed by atoms with Gasteiger partial charge in [-0.15, -0.1) is 5.10 Å². The molecule has 0 saturated heterocycles. The summed E-state index contributed by atoms with van der Waals surface area (Å²) >= 11 is 0. The van der Waals surface area contributed by atoms with Crippen LogP contribution >= 0.6 is 0 Å². The Kier molecular flexibility index (Phi) is 5.65. The van der Waals surface area contributed by atoms with Gasteiger partial charge in [0, 0.05) is 5.56 Å². The minimum atomic E-state index is -0.563. The van der Waals surface area contributed by atoms with Crippen LogP contribution in [0.2, 0.25) is 0 Å². The van der Waals surface area contributed by atoms with E-state index in [2.05, 4.69) is 15.4 Å². The fourth-order valence-corrected chi connectivity index (χ4v) is 2.50. The van der Waals surface area contributed by atoms with Crippen molar-refractivity contribution in [1.29, 1.82) is 0 Å². The third-order valence-corrected chi connectivity index (χ3v) is 3.74. The van der Waals surface area contributed by atoms with Gasteiger partial charge in [-0.3, -0.25) is 0 Å². The maximum atomic E-state index is 13.3. The minimum absolute atomic E-state index is 0.0901. The molecule has 0 aliphatic rings. The van der Waals surface area contributed by atoms with E-state index in [9.17, 15) is 9.18 Å². The van der Waals surface area contributed by atoms with Crippen LogP contribution in [0.3, 0.4) is 0 Å². The Balaban J connectivity index is 1.83. The number of esters is 1. The van der Waals surface area contributed by atoms with Crippen LogP contribution in [0.4, 0.5) is 4.39 Å². The van der Waals surface area contributed by atoms with Gasteiger partial charge in [0.15, 0.2) is 17.2 Å². The van der Waals surface area contributed by atoms with Gasteiger partial charge in [0.05, 0.1) is 13.7 Å². The number of benzene rings is 2. The third kappa shape index (κ3) is 4.22. The van der Waals surface area contributed by atoms with E-state index in [1.807, 2.05) is 0 Å². The first-order valence-electron chi connectivity index (χ1n) is 8.26. The highest BCUT2D eigenvalue weighted by molar-refractivity contribution is 5.94. The number of carbonyl (C=O) groups excluding carboxylic acids is 1. The summed E-state index contributed by atoms with van der Waals surface area (Å²) in [4.78, 5) is 12.0. The van der Waals surface area contributed by atoms with E-state index in [4.69, 9.17) is 14.2 Å². The van der Waals surface area contributed by atoms with Crippen LogP contribution in [0, 0.1) is 5.82 Å². The molecule has 0 aliphatic heterocycles. The van der Waals surface area contributed by atoms with Gasteiger partial charge in [-0.1, -0.05) is 12.1 Å². The molecular weight excluding hydrogens is 353 g/mol. The quantitative estimate of drug-likeness (QED) is 0.641. The number of carbonyl (C=O) groups is 1. The highest BCUT2D eigenvalue weighted by Crippen LogP contribution is 2.33. The summed E-state index contributed by atoms with van der Waals surface area (Å²) in [6.07, 6.45) is 0. The lowest BCUT2D eigenvalue weighted by molar-refractivity contribution is 0.0520. The first-order chi connectivity index (χ1) is 13.1. The van der Waals surface area contributed by atoms with Gasteiger partial charge in [-0.05, 0) is 42.8 Å². The molecule has 0 atom stereocenters. The Morgan fingerprint density at radius 3 is 2.74 bits per heavy atom. The molecule has 0 bridgehead atoms. The highest BCUT2D eigenvalue weighted by Gasteiger charge is 2.20. The molecule has 1 heterocycles. The molecule has 3 aromatic rings. The van der Waals surface area contributed by atoms with Crippen LogP contribution < -0.4 is 9.47 Å². The summed E-state index contributed by atoms with van der Waals surface area (Å²) in [6.45, 7) is 2.14. The maximum Gasteiger partial charge on any atom is 0.361 e. The topological polar surface area (TPSA) is 86.3 Å². The molecule has 0 unspecified atom stereocenters. The Bertz CT molecular complexity index is 942. The number of methoxy groups -OCH3 is 1. The summed E-state index contributed by atoms with van der Waals surface area (Å²) in [7, 11) is 1.50. The third-order valence-electron chi connectivity index (χ3n) is 3.74. The van der Waals surface area contributed by atoms with Crippen LogP contribution in [-0.4, -0.2) is 35.1 Å². The molecule has 7 nitrogen and oxygen atoms in total. The van der Waals surface area contributed by atoms with Crippen LogP contribution in [0.5, 0.6) is 11.5 Å². The molecule has 0 amide bonds. The molecule has 1 aromatic heterocycles. The Labute approximate surface area is 155 Å². The van der Waals surface area contributed by atoms with E-state index in [-0.39, 0.29) is 24.7 Å². The molecule has 0 fully saturated rings. The second-order valence-electron chi connectivity index (χ2n) is 5.53. The molecule has 1 N–H and O–H groups in total. The van der Waals surface area contributed by atoms with Crippen molar-refractivity contribution in [2.24, 2.45) is 0 Å². The zero-order valence-electron chi connectivity index (χ0n) is 14.9. The first kappa shape index (κ1) is 18.4. The van der Waals surface area contributed by atoms with Crippen molar-refractivity contribution in [1.82, 2.24) is 15.4 Å². The van der Waals surface area contributed by atoms with Crippen molar-refractivity contribution >= 4 is 5.97 Å². The molecule has 8 heteroatoms. The van der Waals surface area contributed by atoms with Crippen molar-refractivity contribution in [3.8, 4) is 22.8 Å². The van der Waals surface area contributed by atoms with Gasteiger partial charge >= 0.3 is 5.97 Å². The van der Waals surface area contributed by atoms with E-state index < -0.39 is 5.97 Å². The predicted octanol–water partition coefficient (Wildman–Crippen LogP) is 3.38. The summed E-state index contributed by atoms with van der Waals surface area (Å²) in [5.74, 6) is 0.0380. The maximum absolute atomic E-state index is 13.3. The molecular formula is C19H18FN3O4. The normalized spacial score (nSPS) is 10.5. The number of H-pyrrole nitrogens is 1. The molecule has 2 aromatic carbocycles. The summed E-state index contributed by atoms with van der Waals surface area (Å²) in [6, 6.07) is 11.3. The van der Waals surface area contributed by atoms with E-state index >= 15 is 0 Å². The van der Waals surface area contributed by atoms with Crippen molar-refractivity contribution in [2.45, 2.75) is 13.5 Å².